The largest absolute Gasteiger partial charge is 0.478 e. The van der Waals surface area contributed by atoms with Crippen molar-refractivity contribution in [1.82, 2.24) is 0 Å². The number of carboxylic acid groups (broad SMARTS) is 1. The summed E-state index contributed by atoms with van der Waals surface area (Å²) in [5.41, 5.74) is 0.452. The van der Waals surface area contributed by atoms with E-state index in [0.29, 0.717) is 16.3 Å². The summed E-state index contributed by atoms with van der Waals surface area (Å²) < 4.78 is 30.0. The summed E-state index contributed by atoms with van der Waals surface area (Å²) >= 11 is 5.78. The van der Waals surface area contributed by atoms with Gasteiger partial charge in [0, 0.05) is 10.7 Å². The van der Waals surface area contributed by atoms with E-state index >= 15 is 0 Å². The van der Waals surface area contributed by atoms with Gasteiger partial charge in [-0.1, -0.05) is 23.7 Å². The molecule has 3 aromatic rings. The summed E-state index contributed by atoms with van der Waals surface area (Å²) in [6, 6.07) is 18.5. The fourth-order valence-electron chi connectivity index (χ4n) is 2.64. The number of nitrogens with zero attached hydrogens (tertiary/aromatic N) is 1. The number of halogens is 1. The number of rotatable bonds is 7. The standard InChI is InChI=1S/C23H15ClN2O6S/c24-18-6-10-21(11-7-18)33(30,31)32-20-3-1-2-15(13-20)12-17(14-25)22(27)26-19-8-4-16(5-9-19)23(28)29/h1-13H,(H,26,27)(H,28,29)/b17-12+. The van der Waals surface area contributed by atoms with E-state index in [-0.39, 0.29) is 21.8 Å². The second kappa shape index (κ2) is 9.99. The van der Waals surface area contributed by atoms with Gasteiger partial charge in [0.25, 0.3) is 5.91 Å². The number of carboxylic acids is 1. The van der Waals surface area contributed by atoms with Crippen LogP contribution in [0.25, 0.3) is 6.08 Å². The number of benzene rings is 3. The first-order valence-electron chi connectivity index (χ1n) is 9.24. The maximum Gasteiger partial charge on any atom is 0.339 e. The average Bonchev–Trinajstić information content (AvgIpc) is 2.78. The molecule has 0 saturated carbocycles. The van der Waals surface area contributed by atoms with Gasteiger partial charge in [-0.25, -0.2) is 4.79 Å². The lowest BCUT2D eigenvalue weighted by molar-refractivity contribution is -0.112. The van der Waals surface area contributed by atoms with Gasteiger partial charge >= 0.3 is 16.1 Å². The fraction of sp³-hybridized carbons (Fsp3) is 0. The van der Waals surface area contributed by atoms with E-state index in [1.54, 1.807) is 12.1 Å². The Bertz CT molecular complexity index is 1380. The highest BCUT2D eigenvalue weighted by atomic mass is 35.5. The Labute approximate surface area is 194 Å². The quantitative estimate of drug-likeness (QED) is 0.290. The average molecular weight is 483 g/mol. The fourth-order valence-corrected chi connectivity index (χ4v) is 3.69. The first-order chi connectivity index (χ1) is 15.7. The molecule has 0 saturated heterocycles. The number of anilines is 1. The second-order valence-corrected chi connectivity index (χ2v) is 8.55. The van der Waals surface area contributed by atoms with Crippen LogP contribution < -0.4 is 9.50 Å². The van der Waals surface area contributed by atoms with Crippen LogP contribution in [0.15, 0.2) is 83.3 Å². The SMILES string of the molecule is N#C/C(=C\c1cccc(OS(=O)(=O)c2ccc(Cl)cc2)c1)C(=O)Nc1ccc(C(=O)O)cc1. The van der Waals surface area contributed by atoms with Crippen molar-refractivity contribution in [2.75, 3.05) is 5.32 Å². The number of aromatic carboxylic acids is 1. The molecule has 0 fully saturated rings. The van der Waals surface area contributed by atoms with E-state index in [9.17, 15) is 23.3 Å². The topological polar surface area (TPSA) is 134 Å². The molecule has 0 spiro atoms. The molecule has 3 aromatic carbocycles. The van der Waals surface area contributed by atoms with E-state index in [0.717, 1.165) is 0 Å². The molecule has 0 unspecified atom stereocenters. The van der Waals surface area contributed by atoms with Crippen molar-refractivity contribution in [3.63, 3.8) is 0 Å². The van der Waals surface area contributed by atoms with Gasteiger partial charge in [-0.05, 0) is 72.3 Å². The molecule has 33 heavy (non-hydrogen) atoms. The third-order valence-electron chi connectivity index (χ3n) is 4.23. The zero-order chi connectivity index (χ0) is 24.0. The van der Waals surface area contributed by atoms with Gasteiger partial charge in [0.15, 0.2) is 0 Å². The lowest BCUT2D eigenvalue weighted by atomic mass is 10.1. The van der Waals surface area contributed by atoms with Crippen molar-refractivity contribution in [3.05, 3.63) is 94.5 Å². The van der Waals surface area contributed by atoms with E-state index in [4.69, 9.17) is 20.9 Å². The zero-order valence-electron chi connectivity index (χ0n) is 16.7. The summed E-state index contributed by atoms with van der Waals surface area (Å²) in [7, 11) is -4.11. The maximum absolute atomic E-state index is 12.4. The number of carbonyl (C=O) groups excluding carboxylic acids is 1. The number of nitriles is 1. The minimum absolute atomic E-state index is 0.0133. The van der Waals surface area contributed by atoms with E-state index < -0.39 is 22.0 Å². The number of hydrogen-bond donors (Lipinski definition) is 2. The Balaban J connectivity index is 1.78. The Kier molecular flexibility index (Phi) is 7.13. The van der Waals surface area contributed by atoms with Crippen molar-refractivity contribution >= 4 is 45.4 Å². The summed E-state index contributed by atoms with van der Waals surface area (Å²) in [5, 5.41) is 21.2. The third-order valence-corrected chi connectivity index (χ3v) is 5.75. The van der Waals surface area contributed by atoms with Gasteiger partial charge in [-0.2, -0.15) is 13.7 Å². The lowest BCUT2D eigenvalue weighted by Crippen LogP contribution is -2.13. The van der Waals surface area contributed by atoms with Gasteiger partial charge in [0.1, 0.15) is 22.3 Å². The zero-order valence-corrected chi connectivity index (χ0v) is 18.3. The van der Waals surface area contributed by atoms with Crippen LogP contribution in [0, 0.1) is 11.3 Å². The van der Waals surface area contributed by atoms with Crippen molar-refractivity contribution in [1.29, 1.82) is 5.26 Å². The number of nitrogens with one attached hydrogen (secondary N) is 1. The lowest BCUT2D eigenvalue weighted by Gasteiger charge is -2.08. The predicted molar refractivity (Wildman–Crippen MR) is 121 cm³/mol. The molecule has 0 aliphatic heterocycles. The highest BCUT2D eigenvalue weighted by molar-refractivity contribution is 7.87. The molecular weight excluding hydrogens is 468 g/mol. The molecule has 3 rings (SSSR count). The van der Waals surface area contributed by atoms with Crippen LogP contribution >= 0.6 is 11.6 Å². The first kappa shape index (κ1) is 23.5. The van der Waals surface area contributed by atoms with Crippen molar-refractivity contribution in [2.45, 2.75) is 4.90 Å². The highest BCUT2D eigenvalue weighted by Crippen LogP contribution is 2.22. The number of amides is 1. The minimum Gasteiger partial charge on any atom is -0.478 e. The first-order valence-corrected chi connectivity index (χ1v) is 11.0. The van der Waals surface area contributed by atoms with Crippen molar-refractivity contribution < 1.29 is 27.3 Å². The molecule has 10 heteroatoms. The molecule has 1 amide bonds. The molecule has 0 aromatic heterocycles. The molecule has 166 valence electrons. The van der Waals surface area contributed by atoms with Gasteiger partial charge < -0.3 is 14.6 Å². The molecule has 0 radical (unpaired) electrons. The maximum atomic E-state index is 12.4. The van der Waals surface area contributed by atoms with Crippen LogP contribution in [-0.2, 0) is 14.9 Å². The number of carbonyl (C=O) groups is 2. The van der Waals surface area contributed by atoms with E-state index in [1.165, 1.54) is 72.8 Å². The molecular formula is C23H15ClN2O6S. The Morgan fingerprint density at radius 3 is 2.30 bits per heavy atom. The van der Waals surface area contributed by atoms with Gasteiger partial charge in [-0.3, -0.25) is 4.79 Å². The smallest absolute Gasteiger partial charge is 0.339 e. The Hall–Kier alpha value is -4.13. The van der Waals surface area contributed by atoms with E-state index in [2.05, 4.69) is 5.32 Å². The van der Waals surface area contributed by atoms with Gasteiger partial charge in [0.05, 0.1) is 5.56 Å². The van der Waals surface area contributed by atoms with Gasteiger partial charge in [-0.15, -0.1) is 0 Å². The second-order valence-electron chi connectivity index (χ2n) is 6.57. The minimum atomic E-state index is -4.11. The predicted octanol–water partition coefficient (Wildman–Crippen LogP) is 4.35. The van der Waals surface area contributed by atoms with Crippen LogP contribution in [0.2, 0.25) is 5.02 Å². The molecule has 0 bridgehead atoms. The molecule has 0 heterocycles. The molecule has 0 aliphatic rings. The number of hydrogen-bond acceptors (Lipinski definition) is 6. The normalized spacial score (nSPS) is 11.3. The molecule has 2 N–H and O–H groups in total. The monoisotopic (exact) mass is 482 g/mol. The van der Waals surface area contributed by atoms with Crippen LogP contribution in [0.4, 0.5) is 5.69 Å². The van der Waals surface area contributed by atoms with Crippen LogP contribution in [-0.4, -0.2) is 25.4 Å². The van der Waals surface area contributed by atoms with Crippen LogP contribution in [0.3, 0.4) is 0 Å². The third kappa shape index (κ3) is 6.20. The van der Waals surface area contributed by atoms with Crippen LogP contribution in [0.5, 0.6) is 5.75 Å². The van der Waals surface area contributed by atoms with Crippen molar-refractivity contribution in [3.8, 4) is 11.8 Å². The van der Waals surface area contributed by atoms with E-state index in [1.807, 2.05) is 0 Å². The molecule has 0 aliphatic carbocycles. The summed E-state index contributed by atoms with van der Waals surface area (Å²) in [4.78, 5) is 23.3. The molecule has 0 atom stereocenters. The summed E-state index contributed by atoms with van der Waals surface area (Å²) in [6.07, 6.45) is 1.27. The summed E-state index contributed by atoms with van der Waals surface area (Å²) in [5.74, 6) is -1.84. The van der Waals surface area contributed by atoms with Gasteiger partial charge in [0.2, 0.25) is 0 Å². The summed E-state index contributed by atoms with van der Waals surface area (Å²) in [6.45, 7) is 0. The Morgan fingerprint density at radius 1 is 1.03 bits per heavy atom. The van der Waals surface area contributed by atoms with Crippen LogP contribution in [0.1, 0.15) is 15.9 Å². The Morgan fingerprint density at radius 2 is 1.70 bits per heavy atom. The highest BCUT2D eigenvalue weighted by Gasteiger charge is 2.17. The molecule has 8 nitrogen and oxygen atoms in total. The van der Waals surface area contributed by atoms with Crippen molar-refractivity contribution in [2.24, 2.45) is 0 Å².